The van der Waals surface area contributed by atoms with Crippen molar-refractivity contribution in [2.45, 2.75) is 64.7 Å². The highest BCUT2D eigenvalue weighted by molar-refractivity contribution is 9.10. The Balaban J connectivity index is 0.000000166. The Labute approximate surface area is 361 Å². The van der Waals surface area contributed by atoms with Gasteiger partial charge in [0.1, 0.15) is 40.1 Å². The molecule has 0 aliphatic carbocycles. The van der Waals surface area contributed by atoms with Crippen molar-refractivity contribution in [3.8, 4) is 23.1 Å². The minimum absolute atomic E-state index is 0.0889. The number of nitrogens with two attached hydrogens (primary N) is 1. The third-order valence-electron chi connectivity index (χ3n) is 9.77. The number of fused-ring (bicyclic) bond motifs is 2. The van der Waals surface area contributed by atoms with Crippen LogP contribution in [-0.2, 0) is 15.9 Å². The van der Waals surface area contributed by atoms with Crippen LogP contribution in [0.3, 0.4) is 0 Å². The lowest BCUT2D eigenvalue weighted by molar-refractivity contribution is 0.0845. The van der Waals surface area contributed by atoms with Crippen LogP contribution in [0.2, 0.25) is 0 Å². The van der Waals surface area contributed by atoms with Crippen molar-refractivity contribution < 1.29 is 33.2 Å². The molecule has 0 saturated carbocycles. The number of carbonyl (C=O) groups excluding carboxylic acids is 1. The third kappa shape index (κ3) is 11.7. The summed E-state index contributed by atoms with van der Waals surface area (Å²) in [7, 11) is 1.53. The van der Waals surface area contributed by atoms with Crippen molar-refractivity contribution in [1.82, 2.24) is 28.7 Å². The van der Waals surface area contributed by atoms with Crippen LogP contribution in [0.15, 0.2) is 76.3 Å². The van der Waals surface area contributed by atoms with Crippen LogP contribution in [-0.4, -0.2) is 87.9 Å². The number of hydrogen-bond donors (Lipinski definition) is 1. The molecule has 0 atom stereocenters. The number of nitrogen functional groups attached to an aromatic ring is 1. The molecule has 6 aromatic rings. The van der Waals surface area contributed by atoms with Crippen molar-refractivity contribution in [1.29, 1.82) is 0 Å². The van der Waals surface area contributed by atoms with Gasteiger partial charge in [0.2, 0.25) is 5.88 Å². The van der Waals surface area contributed by atoms with E-state index < -0.39 is 0 Å². The molecular formula is C43H51Br2N7O7. The smallest absolute Gasteiger partial charge is 0.213 e. The molecule has 0 radical (unpaired) electrons. The SMILES string of the molecule is CCOc1cc(N)ncc1Br.CCOc1cc2nc(C3CCOCC3)cn2cc1Br.CCOc1cc2nc(C3CCOCC3)cn2cc1CC(=O)c1cccc(OC)n1. The normalized spacial score (nSPS) is 14.5. The zero-order chi connectivity index (χ0) is 41.7. The van der Waals surface area contributed by atoms with Gasteiger partial charge in [-0.05, 0) is 84.4 Å². The van der Waals surface area contributed by atoms with E-state index in [1.54, 1.807) is 30.5 Å². The van der Waals surface area contributed by atoms with E-state index in [9.17, 15) is 4.79 Å². The van der Waals surface area contributed by atoms with Crippen molar-refractivity contribution in [2.24, 2.45) is 0 Å². The lowest BCUT2D eigenvalue weighted by atomic mass is 9.97. The summed E-state index contributed by atoms with van der Waals surface area (Å²) in [6.07, 6.45) is 14.0. The first-order valence-corrected chi connectivity index (χ1v) is 21.5. The minimum Gasteiger partial charge on any atom is -0.493 e. The van der Waals surface area contributed by atoms with Crippen LogP contribution in [0.1, 0.15) is 85.7 Å². The van der Waals surface area contributed by atoms with Gasteiger partial charge in [0, 0.05) is 105 Å². The number of methoxy groups -OCH3 is 1. The highest BCUT2D eigenvalue weighted by atomic mass is 79.9. The van der Waals surface area contributed by atoms with Gasteiger partial charge in [-0.15, -0.1) is 0 Å². The summed E-state index contributed by atoms with van der Waals surface area (Å²) in [5.41, 5.74) is 10.6. The number of anilines is 1. The van der Waals surface area contributed by atoms with E-state index in [1.807, 2.05) is 49.7 Å². The summed E-state index contributed by atoms with van der Waals surface area (Å²) in [5, 5.41) is 0. The van der Waals surface area contributed by atoms with Gasteiger partial charge in [0.05, 0.1) is 47.3 Å². The second-order valence-corrected chi connectivity index (χ2v) is 15.5. The van der Waals surface area contributed by atoms with Crippen molar-refractivity contribution in [3.63, 3.8) is 0 Å². The number of Topliss-reactive ketones (excluding diaryl/α,β-unsaturated/α-hetero) is 1. The van der Waals surface area contributed by atoms with Crippen LogP contribution in [0.25, 0.3) is 11.3 Å². The highest BCUT2D eigenvalue weighted by Gasteiger charge is 2.22. The summed E-state index contributed by atoms with van der Waals surface area (Å²) < 4.78 is 38.4. The average Bonchev–Trinajstić information content (AvgIpc) is 3.87. The molecule has 2 N–H and O–H groups in total. The molecule has 2 saturated heterocycles. The number of aromatic nitrogens is 6. The Kier molecular flexibility index (Phi) is 15.9. The van der Waals surface area contributed by atoms with Crippen LogP contribution in [0, 0.1) is 0 Å². The number of rotatable bonds is 12. The van der Waals surface area contributed by atoms with Crippen LogP contribution in [0.4, 0.5) is 5.82 Å². The van der Waals surface area contributed by atoms with Gasteiger partial charge in [0.25, 0.3) is 0 Å². The molecule has 6 aromatic heterocycles. The lowest BCUT2D eigenvalue weighted by Gasteiger charge is -2.19. The Hall–Kier alpha value is -4.77. The van der Waals surface area contributed by atoms with Crippen LogP contribution < -0.4 is 24.7 Å². The number of imidazole rings is 2. The van der Waals surface area contributed by atoms with Gasteiger partial charge in [-0.1, -0.05) is 6.07 Å². The average molecular weight is 938 g/mol. The molecule has 314 valence electrons. The molecular weight excluding hydrogens is 886 g/mol. The number of carbonyl (C=O) groups is 1. The van der Waals surface area contributed by atoms with Gasteiger partial charge < -0.3 is 43.0 Å². The van der Waals surface area contributed by atoms with Gasteiger partial charge in [-0.25, -0.2) is 19.9 Å². The van der Waals surface area contributed by atoms with Crippen LogP contribution >= 0.6 is 31.9 Å². The van der Waals surface area contributed by atoms with Crippen LogP contribution in [0.5, 0.6) is 23.1 Å². The first-order chi connectivity index (χ1) is 28.7. The maximum atomic E-state index is 12.8. The second-order valence-electron chi connectivity index (χ2n) is 13.8. The Morgan fingerprint density at radius 2 is 1.29 bits per heavy atom. The molecule has 0 bridgehead atoms. The number of ether oxygens (including phenoxy) is 6. The van der Waals surface area contributed by atoms with E-state index in [0.717, 1.165) is 101 Å². The number of pyridine rings is 4. The molecule has 0 amide bonds. The molecule has 0 unspecified atom stereocenters. The third-order valence-corrected chi connectivity index (χ3v) is 11.0. The summed E-state index contributed by atoms with van der Waals surface area (Å²) in [6, 6.07) is 10.8. The van der Waals surface area contributed by atoms with E-state index in [2.05, 4.69) is 58.6 Å². The monoisotopic (exact) mass is 935 g/mol. The maximum Gasteiger partial charge on any atom is 0.213 e. The number of halogens is 2. The molecule has 59 heavy (non-hydrogen) atoms. The van der Waals surface area contributed by atoms with Crippen molar-refractivity contribution in [3.05, 3.63) is 99.0 Å². The Morgan fingerprint density at radius 1 is 0.746 bits per heavy atom. The fourth-order valence-electron chi connectivity index (χ4n) is 6.81. The topological polar surface area (TPSA) is 159 Å². The van der Waals surface area contributed by atoms with E-state index >= 15 is 0 Å². The molecule has 8 heterocycles. The predicted octanol–water partition coefficient (Wildman–Crippen LogP) is 8.67. The standard InChI is InChI=1S/C22H25N3O4.C14H17BrN2O2.C7H9BrN2O/c1-3-29-20-12-21-23-18(15-7-9-28-10-8-15)14-25(21)13-16(20)11-19(26)17-5-4-6-22(24-17)27-2;1-2-19-13-7-14-16-12(9-17(14)8-11(13)15)10-3-5-18-6-4-10;1-2-11-6-3-7(9)10-4-5(6)8/h4-6,12-15H,3,7-11H2,1-2H3;7-10H,2-6H2,1H3;3-4H,2H2,1H3,(H2,9,10). The summed E-state index contributed by atoms with van der Waals surface area (Å²) in [5.74, 6) is 3.99. The molecule has 2 fully saturated rings. The van der Waals surface area contributed by atoms with Gasteiger partial charge in [-0.2, -0.15) is 0 Å². The highest BCUT2D eigenvalue weighted by Crippen LogP contribution is 2.32. The minimum atomic E-state index is -0.0889. The fraction of sp³-hybridized carbons (Fsp3) is 0.419. The summed E-state index contributed by atoms with van der Waals surface area (Å²) >= 11 is 6.82. The first kappa shape index (κ1) is 43.8. The maximum absolute atomic E-state index is 12.8. The molecule has 16 heteroatoms. The fourth-order valence-corrected chi connectivity index (χ4v) is 7.59. The Morgan fingerprint density at radius 3 is 1.86 bits per heavy atom. The molecule has 14 nitrogen and oxygen atoms in total. The van der Waals surface area contributed by atoms with E-state index in [-0.39, 0.29) is 12.2 Å². The van der Waals surface area contributed by atoms with Gasteiger partial charge in [-0.3, -0.25) is 4.79 Å². The van der Waals surface area contributed by atoms with Gasteiger partial charge >= 0.3 is 0 Å². The van der Waals surface area contributed by atoms with E-state index in [1.165, 1.54) is 7.11 Å². The number of hydrogen-bond acceptors (Lipinski definition) is 12. The number of nitrogens with zero attached hydrogens (tertiary/aromatic N) is 6. The largest absolute Gasteiger partial charge is 0.493 e. The van der Waals surface area contributed by atoms with E-state index in [0.29, 0.717) is 54.8 Å². The lowest BCUT2D eigenvalue weighted by Crippen LogP contribution is -2.14. The molecule has 2 aliphatic rings. The first-order valence-electron chi connectivity index (χ1n) is 19.9. The Bertz CT molecular complexity index is 2310. The van der Waals surface area contributed by atoms with Gasteiger partial charge in [0.15, 0.2) is 5.78 Å². The predicted molar refractivity (Wildman–Crippen MR) is 232 cm³/mol. The zero-order valence-electron chi connectivity index (χ0n) is 33.9. The molecule has 8 rings (SSSR count). The van der Waals surface area contributed by atoms with Crippen molar-refractivity contribution >= 4 is 54.8 Å². The molecule has 0 spiro atoms. The quantitative estimate of drug-likeness (QED) is 0.117. The zero-order valence-corrected chi connectivity index (χ0v) is 37.0. The van der Waals surface area contributed by atoms with E-state index in [4.69, 9.17) is 44.1 Å². The number of ketones is 1. The summed E-state index contributed by atoms with van der Waals surface area (Å²) in [4.78, 5) is 30.5. The molecule has 0 aromatic carbocycles. The summed E-state index contributed by atoms with van der Waals surface area (Å²) in [6.45, 7) is 10.9. The molecule has 2 aliphatic heterocycles. The second kappa shape index (κ2) is 21.5. The van der Waals surface area contributed by atoms with Crippen molar-refractivity contribution in [2.75, 3.05) is 59.1 Å².